The minimum absolute atomic E-state index is 0.0695. The summed E-state index contributed by atoms with van der Waals surface area (Å²) in [6, 6.07) is 12.7. The maximum Gasteiger partial charge on any atom is 0.338 e. The maximum atomic E-state index is 13.1. The number of benzene rings is 2. The zero-order chi connectivity index (χ0) is 25.1. The first-order chi connectivity index (χ1) is 16.8. The second-order valence-electron chi connectivity index (χ2n) is 8.69. The standard InChI is InChI=1S/C26H26ClN3O5/c1-16(2)35-26(34)17-9-11-20(12-10-17)30-24(32)21(27)22(25(30)33)28-19-8-6-7-18(15-19)23(31)29-13-4-3-5-14-29/h6-12,15-16,28H,3-5,13-14H2,1-2H3. The molecule has 0 aliphatic carbocycles. The van der Waals surface area contributed by atoms with E-state index in [-0.39, 0.29) is 28.4 Å². The zero-order valence-corrected chi connectivity index (χ0v) is 20.3. The average molecular weight is 496 g/mol. The lowest BCUT2D eigenvalue weighted by Gasteiger charge is -2.26. The molecule has 4 rings (SSSR count). The molecule has 3 amide bonds. The van der Waals surface area contributed by atoms with Crippen LogP contribution in [0.15, 0.2) is 59.3 Å². The van der Waals surface area contributed by atoms with Crippen molar-refractivity contribution in [3.63, 3.8) is 0 Å². The van der Waals surface area contributed by atoms with E-state index in [9.17, 15) is 19.2 Å². The molecule has 182 valence electrons. The molecule has 0 unspecified atom stereocenters. The van der Waals surface area contributed by atoms with Crippen molar-refractivity contribution in [1.29, 1.82) is 0 Å². The number of anilines is 2. The van der Waals surface area contributed by atoms with E-state index in [0.29, 0.717) is 16.8 Å². The van der Waals surface area contributed by atoms with Gasteiger partial charge in [-0.25, -0.2) is 9.69 Å². The number of amides is 3. The van der Waals surface area contributed by atoms with Gasteiger partial charge in [0, 0.05) is 24.3 Å². The number of nitrogens with one attached hydrogen (secondary N) is 1. The Kier molecular flexibility index (Phi) is 7.21. The van der Waals surface area contributed by atoms with Crippen LogP contribution in [0, 0.1) is 0 Å². The Morgan fingerprint density at radius 1 is 0.943 bits per heavy atom. The van der Waals surface area contributed by atoms with Crippen LogP contribution in [-0.2, 0) is 14.3 Å². The molecule has 0 atom stereocenters. The maximum absolute atomic E-state index is 13.1. The van der Waals surface area contributed by atoms with Crippen LogP contribution in [0.2, 0.25) is 0 Å². The molecule has 1 N–H and O–H groups in total. The minimum atomic E-state index is -0.683. The molecule has 8 nitrogen and oxygen atoms in total. The summed E-state index contributed by atoms with van der Waals surface area (Å²) in [5.74, 6) is -1.88. The van der Waals surface area contributed by atoms with E-state index in [2.05, 4.69) is 5.32 Å². The van der Waals surface area contributed by atoms with E-state index in [4.69, 9.17) is 16.3 Å². The Morgan fingerprint density at radius 2 is 1.63 bits per heavy atom. The third kappa shape index (κ3) is 5.22. The molecule has 9 heteroatoms. The fraction of sp³-hybridized carbons (Fsp3) is 0.308. The Bertz CT molecular complexity index is 1200. The van der Waals surface area contributed by atoms with E-state index in [0.717, 1.165) is 37.3 Å². The number of nitrogens with zero attached hydrogens (tertiary/aromatic N) is 2. The summed E-state index contributed by atoms with van der Waals surface area (Å²) in [7, 11) is 0. The topological polar surface area (TPSA) is 96.0 Å². The number of imide groups is 1. The quantitative estimate of drug-likeness (QED) is 0.474. The van der Waals surface area contributed by atoms with Gasteiger partial charge < -0.3 is 15.0 Å². The molecule has 35 heavy (non-hydrogen) atoms. The molecule has 1 fully saturated rings. The summed E-state index contributed by atoms with van der Waals surface area (Å²) >= 11 is 6.24. The summed E-state index contributed by atoms with van der Waals surface area (Å²) in [4.78, 5) is 53.5. The SMILES string of the molecule is CC(C)OC(=O)c1ccc(N2C(=O)C(Cl)=C(Nc3cccc(C(=O)N4CCCCC4)c3)C2=O)cc1. The third-order valence-corrected chi connectivity index (χ3v) is 6.10. The van der Waals surface area contributed by atoms with Gasteiger partial charge in [-0.3, -0.25) is 14.4 Å². The number of piperidine rings is 1. The summed E-state index contributed by atoms with van der Waals surface area (Å²) in [5, 5.41) is 2.65. The monoisotopic (exact) mass is 495 g/mol. The third-order valence-electron chi connectivity index (χ3n) is 5.75. The van der Waals surface area contributed by atoms with E-state index in [1.54, 1.807) is 38.1 Å². The number of hydrogen-bond donors (Lipinski definition) is 1. The number of likely N-dealkylation sites (tertiary alicyclic amines) is 1. The van der Waals surface area contributed by atoms with E-state index in [1.165, 1.54) is 24.3 Å². The average Bonchev–Trinajstić information content (AvgIpc) is 3.07. The number of halogens is 1. The highest BCUT2D eigenvalue weighted by Crippen LogP contribution is 2.30. The zero-order valence-electron chi connectivity index (χ0n) is 19.5. The lowest BCUT2D eigenvalue weighted by molar-refractivity contribution is -0.120. The van der Waals surface area contributed by atoms with Gasteiger partial charge >= 0.3 is 5.97 Å². The van der Waals surface area contributed by atoms with Crippen molar-refractivity contribution in [3.05, 3.63) is 70.4 Å². The number of carbonyl (C=O) groups is 4. The molecule has 0 radical (unpaired) electrons. The van der Waals surface area contributed by atoms with Gasteiger partial charge in [0.15, 0.2) is 0 Å². The Balaban J connectivity index is 1.50. The first-order valence-corrected chi connectivity index (χ1v) is 11.9. The molecule has 2 heterocycles. The van der Waals surface area contributed by atoms with Gasteiger partial charge in [-0.05, 0) is 75.6 Å². The van der Waals surface area contributed by atoms with Crippen molar-refractivity contribution in [2.45, 2.75) is 39.2 Å². The molecule has 2 aliphatic rings. The van der Waals surface area contributed by atoms with Gasteiger partial charge in [0.05, 0.1) is 17.4 Å². The predicted octanol–water partition coefficient (Wildman–Crippen LogP) is 4.31. The fourth-order valence-electron chi connectivity index (χ4n) is 4.03. The van der Waals surface area contributed by atoms with Crippen LogP contribution in [0.1, 0.15) is 53.8 Å². The highest BCUT2D eigenvalue weighted by molar-refractivity contribution is 6.53. The number of ether oxygens (including phenoxy) is 1. The van der Waals surface area contributed by atoms with Gasteiger partial charge in [-0.15, -0.1) is 0 Å². The van der Waals surface area contributed by atoms with Gasteiger partial charge in [-0.1, -0.05) is 17.7 Å². The summed E-state index contributed by atoms with van der Waals surface area (Å²) in [6.45, 7) is 4.94. The van der Waals surface area contributed by atoms with Crippen LogP contribution in [0.25, 0.3) is 0 Å². The van der Waals surface area contributed by atoms with Crippen molar-refractivity contribution >= 4 is 46.7 Å². The van der Waals surface area contributed by atoms with Crippen molar-refractivity contribution in [2.24, 2.45) is 0 Å². The van der Waals surface area contributed by atoms with E-state index in [1.807, 2.05) is 4.90 Å². The molecule has 2 aromatic carbocycles. The first kappa shape index (κ1) is 24.5. The Labute approximate surface area is 208 Å². The predicted molar refractivity (Wildman–Crippen MR) is 132 cm³/mol. The molecule has 0 bridgehead atoms. The summed E-state index contributed by atoms with van der Waals surface area (Å²) < 4.78 is 5.16. The Morgan fingerprint density at radius 3 is 2.29 bits per heavy atom. The second kappa shape index (κ2) is 10.3. The van der Waals surface area contributed by atoms with Crippen molar-refractivity contribution in [1.82, 2.24) is 4.90 Å². The van der Waals surface area contributed by atoms with Gasteiger partial charge in [-0.2, -0.15) is 0 Å². The van der Waals surface area contributed by atoms with Crippen molar-refractivity contribution in [3.8, 4) is 0 Å². The molecular weight excluding hydrogens is 470 g/mol. The molecule has 0 spiro atoms. The summed E-state index contributed by atoms with van der Waals surface area (Å²) in [5.41, 5.74) is 1.45. The number of esters is 1. The number of carbonyl (C=O) groups excluding carboxylic acids is 4. The normalized spacial score (nSPS) is 16.2. The molecule has 2 aromatic rings. The smallest absolute Gasteiger partial charge is 0.338 e. The van der Waals surface area contributed by atoms with Gasteiger partial charge in [0.2, 0.25) is 0 Å². The van der Waals surface area contributed by atoms with Crippen LogP contribution in [0.5, 0.6) is 0 Å². The molecule has 0 saturated carbocycles. The van der Waals surface area contributed by atoms with Crippen molar-refractivity contribution in [2.75, 3.05) is 23.3 Å². The lowest BCUT2D eigenvalue weighted by Crippen LogP contribution is -2.35. The fourth-order valence-corrected chi connectivity index (χ4v) is 4.24. The van der Waals surface area contributed by atoms with E-state index >= 15 is 0 Å². The Hall–Kier alpha value is -3.65. The van der Waals surface area contributed by atoms with Crippen molar-refractivity contribution < 1.29 is 23.9 Å². The highest BCUT2D eigenvalue weighted by Gasteiger charge is 2.39. The number of hydrogen-bond acceptors (Lipinski definition) is 6. The molecule has 1 saturated heterocycles. The molecular formula is C26H26ClN3O5. The highest BCUT2D eigenvalue weighted by atomic mass is 35.5. The van der Waals surface area contributed by atoms with Gasteiger partial charge in [0.25, 0.3) is 17.7 Å². The molecule has 0 aromatic heterocycles. The minimum Gasteiger partial charge on any atom is -0.459 e. The number of rotatable bonds is 6. The molecule has 2 aliphatic heterocycles. The lowest BCUT2D eigenvalue weighted by atomic mass is 10.1. The first-order valence-electron chi connectivity index (χ1n) is 11.5. The van der Waals surface area contributed by atoms with Crippen LogP contribution >= 0.6 is 11.6 Å². The van der Waals surface area contributed by atoms with Crippen LogP contribution in [-0.4, -0.2) is 47.8 Å². The second-order valence-corrected chi connectivity index (χ2v) is 9.07. The van der Waals surface area contributed by atoms with Crippen LogP contribution < -0.4 is 10.2 Å². The van der Waals surface area contributed by atoms with Gasteiger partial charge in [0.1, 0.15) is 10.7 Å². The summed E-state index contributed by atoms with van der Waals surface area (Å²) in [6.07, 6.45) is 2.82. The largest absolute Gasteiger partial charge is 0.459 e. The van der Waals surface area contributed by atoms with Crippen LogP contribution in [0.3, 0.4) is 0 Å². The van der Waals surface area contributed by atoms with E-state index < -0.39 is 17.8 Å². The van der Waals surface area contributed by atoms with Crippen LogP contribution in [0.4, 0.5) is 11.4 Å².